The molecule has 0 bridgehead atoms. The van der Waals surface area contributed by atoms with Crippen LogP contribution in [0.4, 0.5) is 0 Å². The Kier molecular flexibility index (Phi) is 3.51. The molecule has 0 aliphatic rings. The molecule has 1 amide bonds. The summed E-state index contributed by atoms with van der Waals surface area (Å²) in [5.74, 6) is 0.0343. The molecule has 1 heterocycles. The number of carbonyl (C=O) groups excluding carboxylic acids is 1. The van der Waals surface area contributed by atoms with Gasteiger partial charge in [0, 0.05) is 17.9 Å². The topological polar surface area (TPSA) is 44.9 Å². The lowest BCUT2D eigenvalue weighted by Gasteiger charge is -2.01. The van der Waals surface area contributed by atoms with E-state index in [1.165, 1.54) is 0 Å². The normalized spacial score (nSPS) is 9.86. The van der Waals surface area contributed by atoms with E-state index in [2.05, 4.69) is 16.9 Å². The average molecular weight is 192 g/mol. The smallest absolute Gasteiger partial charge is 0.224 e. The molecule has 3 nitrogen and oxygen atoms in total. The molecular formula is C11H16N2O. The molecule has 2 N–H and O–H groups in total. The highest BCUT2D eigenvalue weighted by atomic mass is 16.1. The van der Waals surface area contributed by atoms with Crippen LogP contribution in [0.5, 0.6) is 0 Å². The largest absolute Gasteiger partial charge is 0.362 e. The lowest BCUT2D eigenvalue weighted by Crippen LogP contribution is -2.24. The maximum atomic E-state index is 11.4. The fourth-order valence-corrected chi connectivity index (χ4v) is 1.39. The Bertz CT molecular complexity index is 339. The standard InChI is InChI=1S/C11H16N2O/c1-4-5-12-11(14)7-10-6-8(2)13-9(10)3/h4,6,13H,1,5,7H2,2-3H3,(H,12,14). The molecule has 1 rings (SSSR count). The molecule has 1 aromatic rings. The maximum Gasteiger partial charge on any atom is 0.224 e. The van der Waals surface area contributed by atoms with E-state index in [0.29, 0.717) is 13.0 Å². The minimum atomic E-state index is 0.0343. The quantitative estimate of drug-likeness (QED) is 0.697. The van der Waals surface area contributed by atoms with Crippen molar-refractivity contribution in [2.24, 2.45) is 0 Å². The van der Waals surface area contributed by atoms with Crippen molar-refractivity contribution in [1.29, 1.82) is 0 Å². The summed E-state index contributed by atoms with van der Waals surface area (Å²) in [7, 11) is 0. The number of amides is 1. The second kappa shape index (κ2) is 4.65. The lowest BCUT2D eigenvalue weighted by molar-refractivity contribution is -0.120. The molecule has 0 aliphatic carbocycles. The number of carbonyl (C=O) groups is 1. The van der Waals surface area contributed by atoms with Crippen molar-refractivity contribution >= 4 is 5.91 Å². The van der Waals surface area contributed by atoms with Gasteiger partial charge in [-0.1, -0.05) is 6.08 Å². The van der Waals surface area contributed by atoms with Crippen molar-refractivity contribution < 1.29 is 4.79 Å². The van der Waals surface area contributed by atoms with Gasteiger partial charge in [0.15, 0.2) is 0 Å². The maximum absolute atomic E-state index is 11.4. The van der Waals surface area contributed by atoms with E-state index < -0.39 is 0 Å². The van der Waals surface area contributed by atoms with Crippen LogP contribution in [-0.4, -0.2) is 17.4 Å². The first kappa shape index (κ1) is 10.6. The van der Waals surface area contributed by atoms with Crippen LogP contribution < -0.4 is 5.32 Å². The fraction of sp³-hybridized carbons (Fsp3) is 0.364. The third-order valence-electron chi connectivity index (χ3n) is 2.05. The van der Waals surface area contributed by atoms with Crippen molar-refractivity contribution in [2.75, 3.05) is 6.54 Å². The van der Waals surface area contributed by atoms with Crippen molar-refractivity contribution in [3.63, 3.8) is 0 Å². The van der Waals surface area contributed by atoms with Crippen molar-refractivity contribution in [1.82, 2.24) is 10.3 Å². The van der Waals surface area contributed by atoms with Gasteiger partial charge in [0.05, 0.1) is 6.42 Å². The number of rotatable bonds is 4. The summed E-state index contributed by atoms with van der Waals surface area (Å²) in [5, 5.41) is 2.75. The molecule has 14 heavy (non-hydrogen) atoms. The first-order chi connectivity index (χ1) is 6.63. The highest BCUT2D eigenvalue weighted by Gasteiger charge is 2.06. The van der Waals surface area contributed by atoms with Gasteiger partial charge in [-0.25, -0.2) is 0 Å². The molecule has 76 valence electrons. The monoisotopic (exact) mass is 192 g/mol. The van der Waals surface area contributed by atoms with Gasteiger partial charge >= 0.3 is 0 Å². The second-order valence-corrected chi connectivity index (χ2v) is 3.37. The summed E-state index contributed by atoms with van der Waals surface area (Å²) in [6.45, 7) is 8.03. The fourth-order valence-electron chi connectivity index (χ4n) is 1.39. The van der Waals surface area contributed by atoms with Gasteiger partial charge in [-0.3, -0.25) is 4.79 Å². The first-order valence-corrected chi connectivity index (χ1v) is 4.66. The Morgan fingerprint density at radius 1 is 1.64 bits per heavy atom. The van der Waals surface area contributed by atoms with Crippen LogP contribution in [0.1, 0.15) is 17.0 Å². The van der Waals surface area contributed by atoms with Crippen LogP contribution in [0.2, 0.25) is 0 Å². The minimum Gasteiger partial charge on any atom is -0.362 e. The molecular weight excluding hydrogens is 176 g/mol. The molecule has 0 radical (unpaired) electrons. The first-order valence-electron chi connectivity index (χ1n) is 4.66. The molecule has 0 aliphatic heterocycles. The van der Waals surface area contributed by atoms with Crippen LogP contribution in [0, 0.1) is 13.8 Å². The number of aromatic nitrogens is 1. The molecule has 1 aromatic heterocycles. The van der Waals surface area contributed by atoms with Crippen molar-refractivity contribution in [2.45, 2.75) is 20.3 Å². The van der Waals surface area contributed by atoms with E-state index >= 15 is 0 Å². The van der Waals surface area contributed by atoms with Crippen molar-refractivity contribution in [3.8, 4) is 0 Å². The zero-order valence-electron chi connectivity index (χ0n) is 8.68. The molecule has 0 aromatic carbocycles. The summed E-state index contributed by atoms with van der Waals surface area (Å²) in [5.41, 5.74) is 3.22. The molecule has 0 saturated heterocycles. The van der Waals surface area contributed by atoms with Gasteiger partial charge in [0.25, 0.3) is 0 Å². The Hall–Kier alpha value is -1.51. The van der Waals surface area contributed by atoms with E-state index in [1.807, 2.05) is 19.9 Å². The van der Waals surface area contributed by atoms with Crippen LogP contribution in [-0.2, 0) is 11.2 Å². The Balaban J connectivity index is 2.55. The summed E-state index contributed by atoms with van der Waals surface area (Å²) < 4.78 is 0. The predicted octanol–water partition coefficient (Wildman–Crippen LogP) is 1.48. The summed E-state index contributed by atoms with van der Waals surface area (Å²) in [4.78, 5) is 14.5. The summed E-state index contributed by atoms with van der Waals surface area (Å²) >= 11 is 0. The highest BCUT2D eigenvalue weighted by molar-refractivity contribution is 5.79. The van der Waals surface area contributed by atoms with Gasteiger partial charge in [-0.2, -0.15) is 0 Å². The third-order valence-corrected chi connectivity index (χ3v) is 2.05. The van der Waals surface area contributed by atoms with Gasteiger partial charge in [-0.05, 0) is 25.5 Å². The molecule has 0 fully saturated rings. The Morgan fingerprint density at radius 2 is 2.36 bits per heavy atom. The number of H-pyrrole nitrogens is 1. The van der Waals surface area contributed by atoms with Gasteiger partial charge in [0.2, 0.25) is 5.91 Å². The molecule has 0 unspecified atom stereocenters. The molecule has 3 heteroatoms. The SMILES string of the molecule is C=CCNC(=O)Cc1cc(C)[nH]c1C. The van der Waals surface area contributed by atoms with E-state index in [9.17, 15) is 4.79 Å². The Morgan fingerprint density at radius 3 is 2.86 bits per heavy atom. The van der Waals surface area contributed by atoms with Crippen LogP contribution in [0.25, 0.3) is 0 Å². The van der Waals surface area contributed by atoms with Crippen LogP contribution >= 0.6 is 0 Å². The average Bonchev–Trinajstić information content (AvgIpc) is 2.42. The Labute approximate surface area is 84.2 Å². The van der Waals surface area contributed by atoms with Gasteiger partial charge in [0.1, 0.15) is 0 Å². The molecule has 0 atom stereocenters. The summed E-state index contributed by atoms with van der Waals surface area (Å²) in [6, 6.07) is 2.00. The summed E-state index contributed by atoms with van der Waals surface area (Å²) in [6.07, 6.45) is 2.11. The van der Waals surface area contributed by atoms with Crippen molar-refractivity contribution in [3.05, 3.63) is 35.7 Å². The highest BCUT2D eigenvalue weighted by Crippen LogP contribution is 2.09. The predicted molar refractivity (Wildman–Crippen MR) is 57.2 cm³/mol. The number of aromatic amines is 1. The zero-order chi connectivity index (χ0) is 10.6. The van der Waals surface area contributed by atoms with E-state index in [4.69, 9.17) is 0 Å². The number of nitrogens with one attached hydrogen (secondary N) is 2. The van der Waals surface area contributed by atoms with Crippen LogP contribution in [0.15, 0.2) is 18.7 Å². The van der Waals surface area contributed by atoms with E-state index in [1.54, 1.807) is 6.08 Å². The second-order valence-electron chi connectivity index (χ2n) is 3.37. The van der Waals surface area contributed by atoms with E-state index in [-0.39, 0.29) is 5.91 Å². The molecule has 0 spiro atoms. The minimum absolute atomic E-state index is 0.0343. The zero-order valence-corrected chi connectivity index (χ0v) is 8.68. The van der Waals surface area contributed by atoms with Gasteiger partial charge < -0.3 is 10.3 Å². The number of aryl methyl sites for hydroxylation is 2. The lowest BCUT2D eigenvalue weighted by atomic mass is 10.1. The van der Waals surface area contributed by atoms with Gasteiger partial charge in [-0.15, -0.1) is 6.58 Å². The van der Waals surface area contributed by atoms with Crippen LogP contribution in [0.3, 0.4) is 0 Å². The van der Waals surface area contributed by atoms with E-state index in [0.717, 1.165) is 17.0 Å². The number of hydrogen-bond donors (Lipinski definition) is 2. The number of hydrogen-bond acceptors (Lipinski definition) is 1. The molecule has 0 saturated carbocycles. The third kappa shape index (κ3) is 2.76.